The highest BCUT2D eigenvalue weighted by atomic mass is 16.5. The van der Waals surface area contributed by atoms with E-state index >= 15 is 0 Å². The number of carbonyl (C=O) groups excluding carboxylic acids is 2. The van der Waals surface area contributed by atoms with Crippen molar-refractivity contribution in [3.63, 3.8) is 0 Å². The van der Waals surface area contributed by atoms with Gasteiger partial charge in [0.25, 0.3) is 0 Å². The molecule has 1 heterocycles. The van der Waals surface area contributed by atoms with Gasteiger partial charge in [-0.15, -0.1) is 0 Å². The van der Waals surface area contributed by atoms with E-state index in [2.05, 4.69) is 15.8 Å². The lowest BCUT2D eigenvalue weighted by atomic mass is 9.90. The molecule has 2 N–H and O–H groups in total. The molecule has 0 spiro atoms. The number of anilines is 2. The van der Waals surface area contributed by atoms with Crippen molar-refractivity contribution >= 4 is 23.3 Å². The summed E-state index contributed by atoms with van der Waals surface area (Å²) >= 11 is 0. The van der Waals surface area contributed by atoms with Crippen molar-refractivity contribution in [2.24, 2.45) is 5.41 Å². The number of hydrogen-bond donors (Lipinski definition) is 2. The molecule has 1 aromatic carbocycles. The molecule has 0 saturated carbocycles. The first kappa shape index (κ1) is 17.7. The number of rotatable bonds is 4. The van der Waals surface area contributed by atoms with Crippen LogP contribution in [0.4, 0.5) is 11.5 Å². The smallest absolute Gasteiger partial charge is 0.240 e. The van der Waals surface area contributed by atoms with Crippen molar-refractivity contribution in [2.75, 3.05) is 10.6 Å². The Kier molecular flexibility index (Phi) is 4.78. The van der Waals surface area contributed by atoms with Crippen molar-refractivity contribution in [3.05, 3.63) is 40.6 Å². The van der Waals surface area contributed by atoms with Gasteiger partial charge in [-0.25, -0.2) is 0 Å². The average Bonchev–Trinajstić information content (AvgIpc) is 2.87. The van der Waals surface area contributed by atoms with Crippen LogP contribution in [-0.2, 0) is 9.59 Å². The Labute approximate surface area is 141 Å². The molecule has 128 valence electrons. The topological polar surface area (TPSA) is 84.2 Å². The number of amides is 2. The molecule has 0 bridgehead atoms. The fraction of sp³-hybridized carbons (Fsp3) is 0.389. The minimum atomic E-state index is -1.27. The van der Waals surface area contributed by atoms with Gasteiger partial charge in [0.2, 0.25) is 11.8 Å². The van der Waals surface area contributed by atoms with Crippen LogP contribution in [0.1, 0.15) is 36.3 Å². The second-order valence-corrected chi connectivity index (χ2v) is 6.63. The molecule has 1 aromatic heterocycles. The highest BCUT2D eigenvalue weighted by Crippen LogP contribution is 2.26. The van der Waals surface area contributed by atoms with E-state index in [-0.39, 0.29) is 5.91 Å². The van der Waals surface area contributed by atoms with Gasteiger partial charge in [-0.3, -0.25) is 9.59 Å². The average molecular weight is 329 g/mol. The van der Waals surface area contributed by atoms with Crippen LogP contribution in [0.2, 0.25) is 0 Å². The second-order valence-electron chi connectivity index (χ2n) is 6.63. The Hall–Kier alpha value is -2.63. The number of aromatic nitrogens is 1. The molecule has 6 heteroatoms. The first-order valence-electron chi connectivity index (χ1n) is 7.75. The zero-order valence-electron chi connectivity index (χ0n) is 14.9. The fourth-order valence-electron chi connectivity index (χ4n) is 2.45. The molecule has 6 nitrogen and oxygen atoms in total. The van der Waals surface area contributed by atoms with E-state index in [4.69, 9.17) is 4.52 Å². The van der Waals surface area contributed by atoms with E-state index in [1.807, 2.05) is 32.9 Å². The van der Waals surface area contributed by atoms with E-state index < -0.39 is 11.3 Å². The van der Waals surface area contributed by atoms with Gasteiger partial charge in [0.15, 0.2) is 5.82 Å². The zero-order valence-corrected chi connectivity index (χ0v) is 14.9. The van der Waals surface area contributed by atoms with Crippen molar-refractivity contribution in [1.29, 1.82) is 0 Å². The maximum atomic E-state index is 12.6. The summed E-state index contributed by atoms with van der Waals surface area (Å²) in [7, 11) is 0. The molecule has 0 atom stereocenters. The molecule has 0 aliphatic rings. The Balaban J connectivity index is 2.17. The molecule has 2 rings (SSSR count). The Bertz CT molecular complexity index is 768. The van der Waals surface area contributed by atoms with E-state index in [0.717, 1.165) is 22.4 Å². The first-order valence-corrected chi connectivity index (χ1v) is 7.75. The number of nitrogens with zero attached hydrogens (tertiary/aromatic N) is 1. The monoisotopic (exact) mass is 329 g/mol. The summed E-state index contributed by atoms with van der Waals surface area (Å²) in [5.41, 5.74) is 2.52. The summed E-state index contributed by atoms with van der Waals surface area (Å²) in [6.07, 6.45) is 0. The molecule has 0 radical (unpaired) electrons. The van der Waals surface area contributed by atoms with Crippen LogP contribution >= 0.6 is 0 Å². The quantitative estimate of drug-likeness (QED) is 0.841. The summed E-state index contributed by atoms with van der Waals surface area (Å²) in [6.45, 7) is 10.7. The minimum Gasteiger partial charge on any atom is -0.360 e. The van der Waals surface area contributed by atoms with E-state index in [9.17, 15) is 9.59 Å². The molecule has 24 heavy (non-hydrogen) atoms. The minimum absolute atomic E-state index is 0.293. The lowest BCUT2D eigenvalue weighted by Gasteiger charge is -2.23. The SMILES string of the molecule is Cc1cc(C)c(NC(=O)C(C)(C)C(=O)Nc2cc(C)on2)c(C)c1. The van der Waals surface area contributed by atoms with Crippen LogP contribution in [-0.4, -0.2) is 17.0 Å². The van der Waals surface area contributed by atoms with Gasteiger partial charge < -0.3 is 15.2 Å². The number of aryl methyl sites for hydroxylation is 4. The molecule has 0 aliphatic heterocycles. The van der Waals surface area contributed by atoms with Crippen LogP contribution in [0.15, 0.2) is 22.7 Å². The third-order valence-corrected chi connectivity index (χ3v) is 3.92. The molecule has 2 amide bonds. The normalized spacial score (nSPS) is 11.2. The molecule has 0 saturated heterocycles. The largest absolute Gasteiger partial charge is 0.360 e. The van der Waals surface area contributed by atoms with Crippen molar-refractivity contribution in [1.82, 2.24) is 5.16 Å². The van der Waals surface area contributed by atoms with Crippen molar-refractivity contribution in [3.8, 4) is 0 Å². The predicted octanol–water partition coefficient (Wildman–Crippen LogP) is 3.51. The van der Waals surface area contributed by atoms with E-state index in [1.165, 1.54) is 0 Å². The molecular formula is C18H23N3O3. The van der Waals surface area contributed by atoms with Crippen molar-refractivity contribution < 1.29 is 14.1 Å². The summed E-state index contributed by atoms with van der Waals surface area (Å²) in [5.74, 6) is 0.0468. The van der Waals surface area contributed by atoms with E-state index in [0.29, 0.717) is 11.6 Å². The first-order chi connectivity index (χ1) is 11.1. The third-order valence-electron chi connectivity index (χ3n) is 3.92. The van der Waals surface area contributed by atoms with E-state index in [1.54, 1.807) is 26.8 Å². The van der Waals surface area contributed by atoms with Gasteiger partial charge in [-0.2, -0.15) is 0 Å². The highest BCUT2D eigenvalue weighted by Gasteiger charge is 2.37. The Morgan fingerprint density at radius 2 is 1.50 bits per heavy atom. The highest BCUT2D eigenvalue weighted by molar-refractivity contribution is 6.14. The summed E-state index contributed by atoms with van der Waals surface area (Å²) in [6, 6.07) is 5.59. The number of benzene rings is 1. The van der Waals surface area contributed by atoms with Crippen LogP contribution in [0, 0.1) is 33.1 Å². The Morgan fingerprint density at radius 1 is 0.958 bits per heavy atom. The number of nitrogens with one attached hydrogen (secondary N) is 2. The Morgan fingerprint density at radius 3 is 2.00 bits per heavy atom. The number of hydrogen-bond acceptors (Lipinski definition) is 4. The van der Waals surface area contributed by atoms with Crippen molar-refractivity contribution in [2.45, 2.75) is 41.5 Å². The maximum absolute atomic E-state index is 12.6. The standard InChI is InChI=1S/C18H23N3O3/c1-10-7-11(2)15(12(3)8-10)20-17(23)18(5,6)16(22)19-14-9-13(4)24-21-14/h7-9H,1-6H3,(H,20,23)(H,19,21,22). The molecule has 2 aromatic rings. The van der Waals surface area contributed by atoms with Gasteiger partial charge >= 0.3 is 0 Å². The molecule has 0 unspecified atom stereocenters. The second kappa shape index (κ2) is 6.47. The van der Waals surface area contributed by atoms with Crippen LogP contribution in [0.3, 0.4) is 0 Å². The fourth-order valence-corrected chi connectivity index (χ4v) is 2.45. The van der Waals surface area contributed by atoms with Gasteiger partial charge in [0.1, 0.15) is 11.2 Å². The molecular weight excluding hydrogens is 306 g/mol. The molecule has 0 fully saturated rings. The van der Waals surface area contributed by atoms with Gasteiger partial charge in [0.05, 0.1) is 0 Å². The van der Waals surface area contributed by atoms with Gasteiger partial charge in [0, 0.05) is 11.8 Å². The third kappa shape index (κ3) is 3.64. The summed E-state index contributed by atoms with van der Waals surface area (Å²) < 4.78 is 4.91. The van der Waals surface area contributed by atoms with Crippen LogP contribution in [0.25, 0.3) is 0 Å². The number of carbonyl (C=O) groups is 2. The zero-order chi connectivity index (χ0) is 18.1. The lowest BCUT2D eigenvalue weighted by Crippen LogP contribution is -2.41. The predicted molar refractivity (Wildman–Crippen MR) is 92.9 cm³/mol. The summed E-state index contributed by atoms with van der Waals surface area (Å²) in [4.78, 5) is 25.1. The summed E-state index contributed by atoms with van der Waals surface area (Å²) in [5, 5.41) is 9.19. The van der Waals surface area contributed by atoms with Gasteiger partial charge in [-0.05, 0) is 52.7 Å². The lowest BCUT2D eigenvalue weighted by molar-refractivity contribution is -0.135. The van der Waals surface area contributed by atoms with Gasteiger partial charge in [-0.1, -0.05) is 22.9 Å². The molecule has 0 aliphatic carbocycles. The van der Waals surface area contributed by atoms with Crippen LogP contribution in [0.5, 0.6) is 0 Å². The maximum Gasteiger partial charge on any atom is 0.240 e. The van der Waals surface area contributed by atoms with Crippen LogP contribution < -0.4 is 10.6 Å².